The van der Waals surface area contributed by atoms with E-state index >= 15 is 0 Å². The van der Waals surface area contributed by atoms with Crippen molar-refractivity contribution in [2.24, 2.45) is 0 Å². The average molecular weight is 287 g/mol. The Labute approximate surface area is 112 Å². The van der Waals surface area contributed by atoms with Gasteiger partial charge in [-0.2, -0.15) is 13.2 Å². The van der Waals surface area contributed by atoms with E-state index in [2.05, 4.69) is 0 Å². The van der Waals surface area contributed by atoms with E-state index in [0.29, 0.717) is 17.7 Å². The Kier molecular flexibility index (Phi) is 3.69. The summed E-state index contributed by atoms with van der Waals surface area (Å²) in [6.07, 6.45) is -4.98. The number of aryl methyl sites for hydroxylation is 1. The molecule has 1 N–H and O–H groups in total. The number of carboxylic acid groups (broad SMARTS) is 1. The van der Waals surface area contributed by atoms with E-state index in [9.17, 15) is 22.8 Å². The monoisotopic (exact) mass is 287 g/mol. The van der Waals surface area contributed by atoms with E-state index in [-0.39, 0.29) is 17.9 Å². The van der Waals surface area contributed by atoms with Crippen LogP contribution < -0.4 is 4.90 Å². The van der Waals surface area contributed by atoms with Crippen LogP contribution in [0.25, 0.3) is 0 Å². The summed E-state index contributed by atoms with van der Waals surface area (Å²) >= 11 is 0. The number of halogens is 3. The number of carbonyl (C=O) groups is 2. The number of anilines is 1. The van der Waals surface area contributed by atoms with Gasteiger partial charge in [0.05, 0.1) is 12.0 Å². The van der Waals surface area contributed by atoms with E-state index in [1.165, 1.54) is 18.2 Å². The summed E-state index contributed by atoms with van der Waals surface area (Å²) < 4.78 is 36.8. The van der Waals surface area contributed by atoms with Gasteiger partial charge in [-0.15, -0.1) is 0 Å². The number of hydrogen-bond acceptors (Lipinski definition) is 2. The number of carboxylic acids is 1. The Morgan fingerprint density at radius 3 is 2.60 bits per heavy atom. The lowest BCUT2D eigenvalue weighted by molar-refractivity contribution is -0.133. The van der Waals surface area contributed by atoms with E-state index < -0.39 is 25.1 Å². The quantitative estimate of drug-likeness (QED) is 0.929. The predicted octanol–water partition coefficient (Wildman–Crippen LogP) is 2.62. The Balaban J connectivity index is 2.27. The number of carbonyl (C=O) groups excluding carboxylic acids is 1. The van der Waals surface area contributed by atoms with Crippen LogP contribution in [0.5, 0.6) is 0 Å². The second-order valence-corrected chi connectivity index (χ2v) is 4.56. The molecule has 1 aromatic rings. The van der Waals surface area contributed by atoms with Gasteiger partial charge in [-0.25, -0.2) is 4.79 Å². The summed E-state index contributed by atoms with van der Waals surface area (Å²) in [5.74, 6) is -1.48. The maximum atomic E-state index is 12.3. The van der Waals surface area contributed by atoms with Crippen LogP contribution >= 0.6 is 0 Å². The van der Waals surface area contributed by atoms with Gasteiger partial charge in [0.2, 0.25) is 5.91 Å². The molecule has 1 heterocycles. The molecule has 0 unspecified atom stereocenters. The van der Waals surface area contributed by atoms with E-state index in [1.807, 2.05) is 0 Å². The molecule has 0 aliphatic carbocycles. The highest BCUT2D eigenvalue weighted by atomic mass is 19.4. The molecule has 0 saturated carbocycles. The fourth-order valence-corrected chi connectivity index (χ4v) is 2.18. The molecule has 4 nitrogen and oxygen atoms in total. The molecule has 0 radical (unpaired) electrons. The van der Waals surface area contributed by atoms with Gasteiger partial charge in [0.25, 0.3) is 0 Å². The van der Waals surface area contributed by atoms with Gasteiger partial charge in [-0.3, -0.25) is 4.79 Å². The van der Waals surface area contributed by atoms with Gasteiger partial charge in [-0.1, -0.05) is 0 Å². The summed E-state index contributed by atoms with van der Waals surface area (Å²) in [7, 11) is 0. The molecule has 1 amide bonds. The zero-order valence-electron chi connectivity index (χ0n) is 10.4. The summed E-state index contributed by atoms with van der Waals surface area (Å²) in [6, 6.07) is 4.09. The molecule has 108 valence electrons. The maximum Gasteiger partial charge on any atom is 0.390 e. The van der Waals surface area contributed by atoms with Crippen LogP contribution in [0.2, 0.25) is 0 Å². The van der Waals surface area contributed by atoms with Crippen molar-refractivity contribution in [2.45, 2.75) is 25.4 Å². The van der Waals surface area contributed by atoms with Crippen molar-refractivity contribution in [1.82, 2.24) is 0 Å². The standard InChI is InChI=1S/C13H12F3NO3/c14-13(15,16)5-6-17-10-3-1-9(12(19)20)7-8(10)2-4-11(17)18/h1,3,7H,2,4-6H2,(H,19,20). The normalized spacial score (nSPS) is 15.2. The third kappa shape index (κ3) is 3.09. The second-order valence-electron chi connectivity index (χ2n) is 4.56. The molecular weight excluding hydrogens is 275 g/mol. The number of amides is 1. The lowest BCUT2D eigenvalue weighted by Crippen LogP contribution is -2.37. The zero-order valence-corrected chi connectivity index (χ0v) is 10.4. The number of nitrogens with zero attached hydrogens (tertiary/aromatic N) is 1. The third-order valence-electron chi connectivity index (χ3n) is 3.15. The minimum Gasteiger partial charge on any atom is -0.478 e. The molecule has 2 rings (SSSR count). The van der Waals surface area contributed by atoms with Crippen molar-refractivity contribution in [2.75, 3.05) is 11.4 Å². The predicted molar refractivity (Wildman–Crippen MR) is 64.7 cm³/mol. The Morgan fingerprint density at radius 2 is 2.00 bits per heavy atom. The third-order valence-corrected chi connectivity index (χ3v) is 3.15. The molecule has 1 aliphatic rings. The van der Waals surface area contributed by atoms with Crippen molar-refractivity contribution in [3.8, 4) is 0 Å². The highest BCUT2D eigenvalue weighted by Crippen LogP contribution is 2.30. The Morgan fingerprint density at radius 1 is 1.30 bits per heavy atom. The molecule has 0 spiro atoms. The highest BCUT2D eigenvalue weighted by molar-refractivity contribution is 5.97. The van der Waals surface area contributed by atoms with Crippen molar-refractivity contribution in [3.05, 3.63) is 29.3 Å². The number of aromatic carboxylic acids is 1. The van der Waals surface area contributed by atoms with E-state index in [1.54, 1.807) is 0 Å². The molecule has 0 fully saturated rings. The highest BCUT2D eigenvalue weighted by Gasteiger charge is 2.31. The minimum absolute atomic E-state index is 0.0638. The van der Waals surface area contributed by atoms with Gasteiger partial charge in [-0.05, 0) is 30.2 Å². The first kappa shape index (κ1) is 14.4. The van der Waals surface area contributed by atoms with Crippen LogP contribution in [0, 0.1) is 0 Å². The maximum absolute atomic E-state index is 12.3. The molecule has 0 bridgehead atoms. The van der Waals surface area contributed by atoms with Crippen LogP contribution in [-0.2, 0) is 11.2 Å². The van der Waals surface area contributed by atoms with Crippen molar-refractivity contribution in [3.63, 3.8) is 0 Å². The summed E-state index contributed by atoms with van der Waals surface area (Å²) in [5, 5.41) is 8.89. The van der Waals surface area contributed by atoms with E-state index in [0.717, 1.165) is 4.90 Å². The molecule has 1 aromatic carbocycles. The minimum atomic E-state index is -4.33. The molecule has 0 atom stereocenters. The summed E-state index contributed by atoms with van der Waals surface area (Å²) in [6.45, 7) is -0.443. The lowest BCUT2D eigenvalue weighted by Gasteiger charge is -2.30. The molecule has 7 heteroatoms. The van der Waals surface area contributed by atoms with Gasteiger partial charge in [0.15, 0.2) is 0 Å². The number of rotatable bonds is 3. The Bertz CT molecular complexity index is 554. The molecule has 0 saturated heterocycles. The first-order chi connectivity index (χ1) is 9.28. The number of hydrogen-bond donors (Lipinski definition) is 1. The van der Waals surface area contributed by atoms with Crippen LogP contribution in [0.15, 0.2) is 18.2 Å². The smallest absolute Gasteiger partial charge is 0.390 e. The van der Waals surface area contributed by atoms with Gasteiger partial charge < -0.3 is 10.0 Å². The summed E-state index contributed by atoms with van der Waals surface area (Å²) in [5.41, 5.74) is 1.02. The number of alkyl halides is 3. The van der Waals surface area contributed by atoms with Crippen molar-refractivity contribution in [1.29, 1.82) is 0 Å². The van der Waals surface area contributed by atoms with Crippen LogP contribution in [0.1, 0.15) is 28.8 Å². The van der Waals surface area contributed by atoms with Crippen molar-refractivity contribution < 1.29 is 27.9 Å². The van der Waals surface area contributed by atoms with Crippen LogP contribution in [0.4, 0.5) is 18.9 Å². The average Bonchev–Trinajstić information content (AvgIpc) is 2.35. The van der Waals surface area contributed by atoms with Gasteiger partial charge >= 0.3 is 12.1 Å². The molecule has 0 aromatic heterocycles. The van der Waals surface area contributed by atoms with Crippen LogP contribution in [-0.4, -0.2) is 29.7 Å². The topological polar surface area (TPSA) is 57.6 Å². The summed E-state index contributed by atoms with van der Waals surface area (Å²) in [4.78, 5) is 23.7. The largest absolute Gasteiger partial charge is 0.478 e. The van der Waals surface area contributed by atoms with Gasteiger partial charge in [0, 0.05) is 18.7 Å². The first-order valence-corrected chi connectivity index (χ1v) is 6.01. The fourth-order valence-electron chi connectivity index (χ4n) is 2.18. The SMILES string of the molecule is O=C(O)c1ccc2c(c1)CCC(=O)N2CCC(F)(F)F. The zero-order chi connectivity index (χ0) is 14.9. The molecule has 1 aliphatic heterocycles. The van der Waals surface area contributed by atoms with Gasteiger partial charge in [0.1, 0.15) is 0 Å². The van der Waals surface area contributed by atoms with Crippen LogP contribution in [0.3, 0.4) is 0 Å². The number of fused-ring (bicyclic) bond motifs is 1. The number of benzene rings is 1. The first-order valence-electron chi connectivity index (χ1n) is 6.01. The van der Waals surface area contributed by atoms with Crippen molar-refractivity contribution >= 4 is 17.6 Å². The molecule has 20 heavy (non-hydrogen) atoms. The Hall–Kier alpha value is -2.05. The molecular formula is C13H12F3NO3. The second kappa shape index (κ2) is 5.15. The van der Waals surface area contributed by atoms with E-state index in [4.69, 9.17) is 5.11 Å². The lowest BCUT2D eigenvalue weighted by atomic mass is 9.98. The fraction of sp³-hybridized carbons (Fsp3) is 0.385.